The number of nitrogens with one attached hydrogen (secondary N) is 1. The molecule has 6 rings (SSSR count). The predicted molar refractivity (Wildman–Crippen MR) is 130 cm³/mol. The van der Waals surface area contributed by atoms with Gasteiger partial charge in [0.25, 0.3) is 0 Å². The number of fused-ring (bicyclic) bond motifs is 4. The third kappa shape index (κ3) is 3.60. The van der Waals surface area contributed by atoms with Crippen LogP contribution in [0.2, 0.25) is 0 Å². The predicted octanol–water partition coefficient (Wildman–Crippen LogP) is 3.99. The van der Waals surface area contributed by atoms with Gasteiger partial charge in [0, 0.05) is 42.2 Å². The average Bonchev–Trinajstić information content (AvgIpc) is 3.52. The van der Waals surface area contributed by atoms with Gasteiger partial charge >= 0.3 is 0 Å². The zero-order valence-corrected chi connectivity index (χ0v) is 19.7. The van der Waals surface area contributed by atoms with Gasteiger partial charge in [-0.2, -0.15) is 0 Å². The molecule has 0 bridgehead atoms. The highest BCUT2D eigenvalue weighted by atomic mass is 16.5. The van der Waals surface area contributed by atoms with Crippen LogP contribution in [0.1, 0.15) is 38.6 Å². The zero-order valence-electron chi connectivity index (χ0n) is 19.7. The molecule has 3 aromatic heterocycles. The number of ether oxygens (including phenoxy) is 1. The summed E-state index contributed by atoms with van der Waals surface area (Å²) in [4.78, 5) is 17.8. The van der Waals surface area contributed by atoms with Crippen LogP contribution < -0.4 is 9.80 Å². The van der Waals surface area contributed by atoms with Gasteiger partial charge in [-0.3, -0.25) is 0 Å². The van der Waals surface area contributed by atoms with Crippen LogP contribution in [0.15, 0.2) is 41.1 Å². The van der Waals surface area contributed by atoms with Gasteiger partial charge in [-0.05, 0) is 25.0 Å². The second-order valence-electron chi connectivity index (χ2n) is 9.53. The fourth-order valence-corrected chi connectivity index (χ4v) is 4.97. The Morgan fingerprint density at radius 3 is 2.97 bits per heavy atom. The molecule has 34 heavy (non-hydrogen) atoms. The summed E-state index contributed by atoms with van der Waals surface area (Å²) in [6.07, 6.45) is 4.67. The molecular weight excluding hydrogens is 430 g/mol. The van der Waals surface area contributed by atoms with E-state index in [9.17, 15) is 0 Å². The summed E-state index contributed by atoms with van der Waals surface area (Å²) in [6.45, 7) is 9.35. The van der Waals surface area contributed by atoms with Gasteiger partial charge in [-0.1, -0.05) is 26.0 Å². The topological polar surface area (TPSA) is 96.2 Å². The molecule has 1 aromatic carbocycles. The molecule has 2 atom stereocenters. The third-order valence-electron chi connectivity index (χ3n) is 6.69. The van der Waals surface area contributed by atoms with Crippen LogP contribution in [-0.2, 0) is 11.2 Å². The van der Waals surface area contributed by atoms with Crippen molar-refractivity contribution in [1.29, 1.82) is 0 Å². The molecule has 4 aromatic rings. The molecule has 1 saturated heterocycles. The lowest BCUT2D eigenvalue weighted by atomic mass is 10.1. The van der Waals surface area contributed by atoms with E-state index in [1.54, 1.807) is 0 Å². The van der Waals surface area contributed by atoms with Crippen molar-refractivity contribution < 1.29 is 9.15 Å². The Morgan fingerprint density at radius 2 is 2.09 bits per heavy atom. The lowest BCUT2D eigenvalue weighted by Crippen LogP contribution is -2.56. The van der Waals surface area contributed by atoms with Gasteiger partial charge in [0.15, 0.2) is 11.6 Å². The van der Waals surface area contributed by atoms with Crippen LogP contribution in [0.4, 0.5) is 11.5 Å². The van der Waals surface area contributed by atoms with E-state index in [0.717, 1.165) is 53.3 Å². The van der Waals surface area contributed by atoms with Crippen LogP contribution in [0.5, 0.6) is 0 Å². The van der Waals surface area contributed by atoms with Crippen molar-refractivity contribution in [2.45, 2.75) is 39.3 Å². The first-order valence-corrected chi connectivity index (χ1v) is 12.0. The van der Waals surface area contributed by atoms with Gasteiger partial charge in [0.2, 0.25) is 11.8 Å². The average molecular weight is 460 g/mol. The molecule has 2 unspecified atom stereocenters. The maximum atomic E-state index is 6.04. The first-order valence-electron chi connectivity index (χ1n) is 12.0. The lowest BCUT2D eigenvalue weighted by Gasteiger charge is -2.46. The Kier molecular flexibility index (Phi) is 5.21. The molecule has 1 N–H and O–H groups in total. The molecule has 2 aliphatic rings. The normalized spacial score (nSPS) is 18.9. The number of rotatable bonds is 5. The number of hydrogen-bond donors (Lipinski definition) is 1. The Balaban J connectivity index is 1.40. The summed E-state index contributed by atoms with van der Waals surface area (Å²) in [6, 6.07) is 8.35. The number of anilines is 2. The SMILES string of the molecule is CC(C)Cc1nnc(C(C)N2CC3COCCN3c3nc(-c4cccc5[nH]ccc45)ncc32)o1. The quantitative estimate of drug-likeness (QED) is 0.479. The highest BCUT2D eigenvalue weighted by Crippen LogP contribution is 2.40. The number of H-pyrrole nitrogens is 1. The van der Waals surface area contributed by atoms with E-state index >= 15 is 0 Å². The highest BCUT2D eigenvalue weighted by Gasteiger charge is 2.38. The van der Waals surface area contributed by atoms with Crippen molar-refractivity contribution in [3.05, 3.63) is 48.4 Å². The van der Waals surface area contributed by atoms with E-state index in [1.165, 1.54) is 0 Å². The van der Waals surface area contributed by atoms with E-state index < -0.39 is 0 Å². The summed E-state index contributed by atoms with van der Waals surface area (Å²) in [5.74, 6) is 3.42. The van der Waals surface area contributed by atoms with Gasteiger partial charge in [0.05, 0.1) is 31.1 Å². The minimum Gasteiger partial charge on any atom is -0.423 e. The molecule has 0 saturated carbocycles. The summed E-state index contributed by atoms with van der Waals surface area (Å²) in [5.41, 5.74) is 3.08. The second kappa shape index (κ2) is 8.39. The van der Waals surface area contributed by atoms with Gasteiger partial charge in [-0.15, -0.1) is 10.2 Å². The van der Waals surface area contributed by atoms with E-state index in [4.69, 9.17) is 19.1 Å². The van der Waals surface area contributed by atoms with Crippen molar-refractivity contribution in [3.63, 3.8) is 0 Å². The smallest absolute Gasteiger partial charge is 0.238 e. The van der Waals surface area contributed by atoms with E-state index in [-0.39, 0.29) is 12.1 Å². The molecular formula is C25H29N7O2. The van der Waals surface area contributed by atoms with Crippen LogP contribution in [0.3, 0.4) is 0 Å². The number of nitrogens with zero attached hydrogens (tertiary/aromatic N) is 6. The molecule has 0 spiro atoms. The molecule has 1 fully saturated rings. The lowest BCUT2D eigenvalue weighted by molar-refractivity contribution is 0.0929. The first-order chi connectivity index (χ1) is 16.6. The van der Waals surface area contributed by atoms with Gasteiger partial charge in [-0.25, -0.2) is 9.97 Å². The maximum absolute atomic E-state index is 6.04. The van der Waals surface area contributed by atoms with E-state index in [1.807, 2.05) is 18.5 Å². The number of aromatic nitrogens is 5. The standard InChI is InChI=1S/C25H29N7O2/c1-15(2)11-22-29-30-25(34-22)16(3)32-13-17-14-33-10-9-31(17)24-21(32)12-27-23(28-24)19-5-4-6-20-18(19)7-8-26-20/h4-8,12,15-17,26H,9-11,13-14H2,1-3H3. The highest BCUT2D eigenvalue weighted by molar-refractivity contribution is 5.93. The summed E-state index contributed by atoms with van der Waals surface area (Å²) in [5, 5.41) is 9.76. The van der Waals surface area contributed by atoms with Crippen molar-refractivity contribution in [1.82, 2.24) is 25.1 Å². The van der Waals surface area contributed by atoms with E-state index in [2.05, 4.69) is 64.0 Å². The number of morpholine rings is 1. The van der Waals surface area contributed by atoms with Crippen LogP contribution in [0.25, 0.3) is 22.3 Å². The minimum absolute atomic E-state index is 0.0983. The fourth-order valence-electron chi connectivity index (χ4n) is 4.97. The Morgan fingerprint density at radius 1 is 1.18 bits per heavy atom. The first kappa shape index (κ1) is 21.1. The second-order valence-corrected chi connectivity index (χ2v) is 9.53. The molecule has 0 amide bonds. The Hall–Kier alpha value is -3.46. The fraction of sp³-hybridized carbons (Fsp3) is 0.440. The van der Waals surface area contributed by atoms with Crippen LogP contribution >= 0.6 is 0 Å². The molecule has 5 heterocycles. The zero-order chi connectivity index (χ0) is 23.2. The summed E-state index contributed by atoms with van der Waals surface area (Å²) in [7, 11) is 0. The Labute approximate surface area is 198 Å². The maximum Gasteiger partial charge on any atom is 0.238 e. The van der Waals surface area contributed by atoms with Gasteiger partial charge < -0.3 is 23.9 Å². The molecule has 2 aliphatic heterocycles. The van der Waals surface area contributed by atoms with Crippen molar-refractivity contribution in [2.75, 3.05) is 36.1 Å². The number of hydrogen-bond acceptors (Lipinski definition) is 8. The van der Waals surface area contributed by atoms with Crippen LogP contribution in [0, 0.1) is 5.92 Å². The largest absolute Gasteiger partial charge is 0.423 e. The summed E-state index contributed by atoms with van der Waals surface area (Å²) < 4.78 is 11.9. The third-order valence-corrected chi connectivity index (χ3v) is 6.69. The number of aromatic amines is 1. The van der Waals surface area contributed by atoms with Gasteiger partial charge in [0.1, 0.15) is 6.04 Å². The van der Waals surface area contributed by atoms with E-state index in [0.29, 0.717) is 30.9 Å². The molecule has 9 nitrogen and oxygen atoms in total. The molecule has 0 radical (unpaired) electrons. The van der Waals surface area contributed by atoms with Crippen molar-refractivity contribution >= 4 is 22.4 Å². The van der Waals surface area contributed by atoms with Crippen molar-refractivity contribution in [3.8, 4) is 11.4 Å². The molecule has 0 aliphatic carbocycles. The minimum atomic E-state index is -0.0983. The van der Waals surface area contributed by atoms with Crippen LogP contribution in [-0.4, -0.2) is 57.5 Å². The number of benzene rings is 1. The molecule has 9 heteroatoms. The summed E-state index contributed by atoms with van der Waals surface area (Å²) >= 11 is 0. The molecule has 176 valence electrons. The monoisotopic (exact) mass is 459 g/mol. The van der Waals surface area contributed by atoms with Crippen molar-refractivity contribution in [2.24, 2.45) is 5.92 Å². The Bertz CT molecular complexity index is 1310.